The number of fused-ring (bicyclic) bond motifs is 2. The average Bonchev–Trinajstić information content (AvgIpc) is 3.09. The first-order valence-corrected chi connectivity index (χ1v) is 17.1. The van der Waals surface area contributed by atoms with Crippen LogP contribution in [0.15, 0.2) is 113 Å². The number of rotatable bonds is 11. The van der Waals surface area contributed by atoms with Crippen molar-refractivity contribution >= 4 is 23.6 Å². The second kappa shape index (κ2) is 14.9. The Hall–Kier alpha value is -4.28. The van der Waals surface area contributed by atoms with Gasteiger partial charge >= 0.3 is 6.18 Å². The van der Waals surface area contributed by atoms with Crippen LogP contribution in [0, 0.1) is 0 Å². The fourth-order valence-corrected chi connectivity index (χ4v) is 7.92. The van der Waals surface area contributed by atoms with E-state index in [0.717, 1.165) is 59.8 Å². The molecule has 1 saturated heterocycles. The molecule has 0 spiro atoms. The lowest BCUT2D eigenvalue weighted by Crippen LogP contribution is -2.49. The Morgan fingerprint density at radius 3 is 2.08 bits per heavy atom. The molecular weight excluding hydrogens is 635 g/mol. The van der Waals surface area contributed by atoms with Gasteiger partial charge in [0, 0.05) is 28.9 Å². The number of piperidine rings is 1. The summed E-state index contributed by atoms with van der Waals surface area (Å²) in [5.41, 5.74) is 0.768. The maximum atomic E-state index is 13.9. The van der Waals surface area contributed by atoms with Gasteiger partial charge in [0.2, 0.25) is 5.91 Å². The number of hydrogen-bond donors (Lipinski definition) is 2. The summed E-state index contributed by atoms with van der Waals surface area (Å²) in [5.74, 6) is 0.382. The van der Waals surface area contributed by atoms with E-state index in [1.54, 1.807) is 23.9 Å². The van der Waals surface area contributed by atoms with Crippen molar-refractivity contribution in [3.05, 3.63) is 120 Å². The number of carbonyl (C=O) groups excluding carboxylic acids is 2. The lowest BCUT2D eigenvalue weighted by molar-refractivity contribution is -0.141. The smallest absolute Gasteiger partial charge is 0.405 e. The van der Waals surface area contributed by atoms with Crippen LogP contribution in [-0.2, 0) is 10.2 Å². The van der Waals surface area contributed by atoms with Gasteiger partial charge in [0.25, 0.3) is 5.91 Å². The van der Waals surface area contributed by atoms with Gasteiger partial charge in [-0.05, 0) is 79.8 Å². The Morgan fingerprint density at radius 1 is 0.812 bits per heavy atom. The molecular formula is C38H38F3N3O3S. The number of nitrogens with zero attached hydrogens (tertiary/aromatic N) is 1. The van der Waals surface area contributed by atoms with Crippen LogP contribution in [0.2, 0.25) is 0 Å². The monoisotopic (exact) mass is 673 g/mol. The molecule has 10 heteroatoms. The van der Waals surface area contributed by atoms with Gasteiger partial charge < -0.3 is 20.3 Å². The van der Waals surface area contributed by atoms with Gasteiger partial charge in [0.05, 0.1) is 5.56 Å². The van der Waals surface area contributed by atoms with Gasteiger partial charge in [0.15, 0.2) is 0 Å². The largest absolute Gasteiger partial charge is 0.457 e. The molecule has 6 nitrogen and oxygen atoms in total. The number of amides is 2. The van der Waals surface area contributed by atoms with Crippen molar-refractivity contribution in [1.82, 2.24) is 15.5 Å². The zero-order valence-electron chi connectivity index (χ0n) is 26.5. The highest BCUT2D eigenvalue weighted by Gasteiger charge is 2.47. The maximum Gasteiger partial charge on any atom is 0.405 e. The van der Waals surface area contributed by atoms with Crippen molar-refractivity contribution in [3.63, 3.8) is 0 Å². The molecule has 48 heavy (non-hydrogen) atoms. The van der Waals surface area contributed by atoms with Crippen molar-refractivity contribution in [3.8, 4) is 11.5 Å². The quantitative estimate of drug-likeness (QED) is 0.158. The molecule has 2 heterocycles. The van der Waals surface area contributed by atoms with E-state index in [4.69, 9.17) is 4.74 Å². The number of alkyl halides is 3. The van der Waals surface area contributed by atoms with Crippen LogP contribution in [0.3, 0.4) is 0 Å². The highest BCUT2D eigenvalue weighted by atomic mass is 32.2. The highest BCUT2D eigenvalue weighted by molar-refractivity contribution is 7.99. The fourth-order valence-electron chi connectivity index (χ4n) is 6.69. The van der Waals surface area contributed by atoms with E-state index < -0.39 is 24.0 Å². The third-order valence-electron chi connectivity index (χ3n) is 9.05. The second-order valence-corrected chi connectivity index (χ2v) is 13.3. The first-order chi connectivity index (χ1) is 23.2. The fraction of sp³-hybridized carbons (Fsp3) is 0.316. The van der Waals surface area contributed by atoms with E-state index in [1.807, 2.05) is 91.0 Å². The van der Waals surface area contributed by atoms with Crippen molar-refractivity contribution in [2.45, 2.75) is 59.5 Å². The summed E-state index contributed by atoms with van der Waals surface area (Å²) in [6, 6.07) is 31.7. The van der Waals surface area contributed by atoms with Gasteiger partial charge in [-0.3, -0.25) is 9.59 Å². The minimum atomic E-state index is -4.51. The summed E-state index contributed by atoms with van der Waals surface area (Å²) in [6.45, 7) is 1.05. The summed E-state index contributed by atoms with van der Waals surface area (Å²) in [7, 11) is 0. The molecule has 250 valence electrons. The van der Waals surface area contributed by atoms with Crippen LogP contribution in [-0.4, -0.2) is 55.1 Å². The molecule has 0 saturated carbocycles. The number of para-hydroxylation sites is 2. The topological polar surface area (TPSA) is 70.7 Å². The molecule has 0 unspecified atom stereocenters. The summed E-state index contributed by atoms with van der Waals surface area (Å²) < 4.78 is 45.7. The molecule has 4 aromatic rings. The third kappa shape index (κ3) is 7.71. The van der Waals surface area contributed by atoms with Crippen LogP contribution in [0.1, 0.15) is 53.6 Å². The van der Waals surface area contributed by atoms with E-state index in [1.165, 1.54) is 0 Å². The van der Waals surface area contributed by atoms with E-state index >= 15 is 0 Å². The van der Waals surface area contributed by atoms with Gasteiger partial charge in [-0.25, -0.2) is 0 Å². The Kier molecular flexibility index (Phi) is 10.4. The van der Waals surface area contributed by atoms with E-state index in [9.17, 15) is 22.8 Å². The normalized spacial score (nSPS) is 16.0. The van der Waals surface area contributed by atoms with E-state index in [-0.39, 0.29) is 11.9 Å². The van der Waals surface area contributed by atoms with Crippen LogP contribution in [0.4, 0.5) is 13.2 Å². The number of ether oxygens (including phenoxy) is 1. The lowest BCUT2D eigenvalue weighted by Gasteiger charge is -2.39. The van der Waals surface area contributed by atoms with Gasteiger partial charge in [-0.15, -0.1) is 0 Å². The van der Waals surface area contributed by atoms with Gasteiger partial charge in [0.1, 0.15) is 23.5 Å². The number of carbonyl (C=O) groups is 2. The first-order valence-electron chi connectivity index (χ1n) is 16.3. The summed E-state index contributed by atoms with van der Waals surface area (Å²) >= 11 is 1.54. The van der Waals surface area contributed by atoms with Crippen LogP contribution in [0.25, 0.3) is 0 Å². The Labute approximate surface area is 283 Å². The average molecular weight is 674 g/mol. The molecule has 2 amide bonds. The Morgan fingerprint density at radius 2 is 1.42 bits per heavy atom. The first kappa shape index (κ1) is 33.6. The predicted molar refractivity (Wildman–Crippen MR) is 181 cm³/mol. The lowest BCUT2D eigenvalue weighted by atomic mass is 9.69. The standard InChI is InChI=1S/C38H38F3N3O3S/c39-38(40,41)26-42-36(46)37(30-15-5-8-18-33(30)48-34-19-9-6-16-31(34)37)22-10-11-23-44-24-20-27(21-25-44)43-35(45)29-14-4-7-17-32(29)47-28-12-2-1-3-13-28/h1-9,12-19,27H,10-11,20-26H2,(H,42,46)(H,43,45). The molecule has 0 bridgehead atoms. The zero-order valence-corrected chi connectivity index (χ0v) is 27.3. The van der Waals surface area contributed by atoms with Gasteiger partial charge in [-0.1, -0.05) is 84.9 Å². The van der Waals surface area contributed by atoms with E-state index in [0.29, 0.717) is 29.9 Å². The summed E-state index contributed by atoms with van der Waals surface area (Å²) in [6.07, 6.45) is -1.08. The number of hydrogen-bond acceptors (Lipinski definition) is 5. The molecule has 2 aliphatic heterocycles. The number of unbranched alkanes of at least 4 members (excludes halogenated alkanes) is 1. The third-order valence-corrected chi connectivity index (χ3v) is 10.2. The molecule has 4 aromatic carbocycles. The Bertz CT molecular complexity index is 1680. The molecule has 0 aromatic heterocycles. The highest BCUT2D eigenvalue weighted by Crippen LogP contribution is 2.51. The van der Waals surface area contributed by atoms with Crippen LogP contribution < -0.4 is 15.4 Å². The maximum absolute atomic E-state index is 13.9. The molecule has 2 aliphatic rings. The Balaban J connectivity index is 1.06. The molecule has 6 rings (SSSR count). The molecule has 0 radical (unpaired) electrons. The van der Waals surface area contributed by atoms with Gasteiger partial charge in [-0.2, -0.15) is 13.2 Å². The molecule has 1 fully saturated rings. The summed E-state index contributed by atoms with van der Waals surface area (Å²) in [5, 5.41) is 5.41. The SMILES string of the molecule is O=C(NC1CCN(CCCCC2(C(=O)NCC(F)(F)F)c3ccccc3Sc3ccccc32)CC1)c1ccccc1Oc1ccccc1. The van der Waals surface area contributed by atoms with Crippen molar-refractivity contribution in [1.29, 1.82) is 0 Å². The minimum Gasteiger partial charge on any atom is -0.457 e. The van der Waals surface area contributed by atoms with Crippen molar-refractivity contribution in [2.24, 2.45) is 0 Å². The van der Waals surface area contributed by atoms with E-state index in [2.05, 4.69) is 15.5 Å². The van der Waals surface area contributed by atoms with Crippen LogP contribution in [0.5, 0.6) is 11.5 Å². The molecule has 0 atom stereocenters. The minimum absolute atomic E-state index is 0.0341. The number of nitrogens with one attached hydrogen (secondary N) is 2. The van der Waals surface area contributed by atoms with Crippen molar-refractivity contribution in [2.75, 3.05) is 26.2 Å². The zero-order chi connectivity index (χ0) is 33.6. The number of likely N-dealkylation sites (tertiary alicyclic amines) is 1. The number of halogens is 3. The molecule has 2 N–H and O–H groups in total. The van der Waals surface area contributed by atoms with Crippen LogP contribution >= 0.6 is 11.8 Å². The number of benzene rings is 4. The second-order valence-electron chi connectivity index (χ2n) is 12.3. The van der Waals surface area contributed by atoms with Crippen molar-refractivity contribution < 1.29 is 27.5 Å². The predicted octanol–water partition coefficient (Wildman–Crippen LogP) is 7.97. The molecule has 0 aliphatic carbocycles. The summed E-state index contributed by atoms with van der Waals surface area (Å²) in [4.78, 5) is 31.2.